The van der Waals surface area contributed by atoms with Gasteiger partial charge in [0.2, 0.25) is 0 Å². The van der Waals surface area contributed by atoms with Crippen LogP contribution in [-0.4, -0.2) is 133 Å². The highest BCUT2D eigenvalue weighted by molar-refractivity contribution is 7.48. The molecule has 0 aromatic heterocycles. The van der Waals surface area contributed by atoms with E-state index in [1.54, 1.807) is 0 Å². The van der Waals surface area contributed by atoms with Crippen LogP contribution < -0.4 is 0 Å². The van der Waals surface area contributed by atoms with E-state index in [9.17, 15) is 4.57 Å². The zero-order chi connectivity index (χ0) is 20.2. The number of nitrogens with zero attached hydrogens (tertiary/aromatic N) is 3. The first-order valence-electron chi connectivity index (χ1n) is 10.7. The molecule has 3 heterocycles. The molecule has 0 aliphatic carbocycles. The van der Waals surface area contributed by atoms with Crippen molar-refractivity contribution in [1.82, 2.24) is 14.7 Å². The fourth-order valence-electron chi connectivity index (χ4n) is 3.43. The van der Waals surface area contributed by atoms with Gasteiger partial charge in [-0.15, -0.1) is 12.4 Å². The molecule has 3 aliphatic heterocycles. The second kappa shape index (κ2) is 15.1. The molecule has 0 N–H and O–H groups in total. The molecule has 0 aromatic rings. The lowest BCUT2D eigenvalue weighted by atomic mass is 10.4. The van der Waals surface area contributed by atoms with E-state index in [-0.39, 0.29) is 12.4 Å². The van der Waals surface area contributed by atoms with E-state index in [0.717, 1.165) is 78.9 Å². The summed E-state index contributed by atoms with van der Waals surface area (Å²) >= 11 is 0. The van der Waals surface area contributed by atoms with Crippen molar-refractivity contribution in [1.29, 1.82) is 0 Å². The number of morpholine rings is 3. The fourth-order valence-corrected chi connectivity index (χ4v) is 4.57. The van der Waals surface area contributed by atoms with Crippen molar-refractivity contribution < 1.29 is 32.3 Å². The minimum Gasteiger partial charge on any atom is -0.379 e. The molecule has 3 aliphatic rings. The van der Waals surface area contributed by atoms with Gasteiger partial charge in [0, 0.05) is 58.9 Å². The molecule has 0 aromatic carbocycles. The summed E-state index contributed by atoms with van der Waals surface area (Å²) in [6, 6.07) is 0. The van der Waals surface area contributed by atoms with Crippen molar-refractivity contribution in [2.24, 2.45) is 0 Å². The van der Waals surface area contributed by atoms with Crippen LogP contribution in [0.25, 0.3) is 0 Å². The maximum Gasteiger partial charge on any atom is 0.474 e. The average Bonchev–Trinajstić information content (AvgIpc) is 2.76. The summed E-state index contributed by atoms with van der Waals surface area (Å²) < 4.78 is 46.2. The Morgan fingerprint density at radius 1 is 0.567 bits per heavy atom. The first-order chi connectivity index (χ1) is 14.2. The Morgan fingerprint density at radius 3 is 1.10 bits per heavy atom. The van der Waals surface area contributed by atoms with Crippen molar-refractivity contribution in [2.45, 2.75) is 0 Å². The minimum absolute atomic E-state index is 0. The molecule has 0 radical (unpaired) electrons. The molecular formula is C18H37ClN3O7P. The molecule has 12 heteroatoms. The van der Waals surface area contributed by atoms with Gasteiger partial charge in [-0.3, -0.25) is 28.3 Å². The molecule has 178 valence electrons. The van der Waals surface area contributed by atoms with E-state index in [1.807, 2.05) is 0 Å². The minimum atomic E-state index is -3.60. The number of phosphoric acid groups is 1. The van der Waals surface area contributed by atoms with Crippen molar-refractivity contribution in [2.75, 3.05) is 118 Å². The molecule has 3 rings (SSSR count). The number of ether oxygens (including phenoxy) is 3. The van der Waals surface area contributed by atoms with Gasteiger partial charge in [-0.1, -0.05) is 0 Å². The monoisotopic (exact) mass is 473 g/mol. The van der Waals surface area contributed by atoms with E-state index in [0.29, 0.717) is 39.5 Å². The van der Waals surface area contributed by atoms with Crippen LogP contribution in [0.4, 0.5) is 0 Å². The predicted octanol–water partition coefficient (Wildman–Crippen LogP) is 0.563. The van der Waals surface area contributed by atoms with Crippen molar-refractivity contribution in [3.63, 3.8) is 0 Å². The van der Waals surface area contributed by atoms with E-state index in [2.05, 4.69) is 14.7 Å². The number of hydrogen-bond acceptors (Lipinski definition) is 10. The second-order valence-corrected chi connectivity index (χ2v) is 8.98. The van der Waals surface area contributed by atoms with Crippen molar-refractivity contribution in [3.05, 3.63) is 0 Å². The molecular weight excluding hydrogens is 437 g/mol. The van der Waals surface area contributed by atoms with E-state index in [4.69, 9.17) is 27.8 Å². The van der Waals surface area contributed by atoms with Gasteiger partial charge in [-0.25, -0.2) is 4.57 Å². The molecule has 0 unspecified atom stereocenters. The number of hydrogen-bond donors (Lipinski definition) is 0. The largest absolute Gasteiger partial charge is 0.474 e. The van der Waals surface area contributed by atoms with E-state index >= 15 is 0 Å². The molecule has 0 spiro atoms. The smallest absolute Gasteiger partial charge is 0.379 e. The third kappa shape index (κ3) is 10.2. The number of halogens is 1. The molecule has 0 bridgehead atoms. The second-order valence-electron chi connectivity index (χ2n) is 7.31. The predicted molar refractivity (Wildman–Crippen MR) is 114 cm³/mol. The summed E-state index contributed by atoms with van der Waals surface area (Å²) in [7, 11) is -3.60. The summed E-state index contributed by atoms with van der Waals surface area (Å²) in [5, 5.41) is 0. The summed E-state index contributed by atoms with van der Waals surface area (Å²) in [4.78, 5) is 6.69. The van der Waals surface area contributed by atoms with Crippen LogP contribution in [-0.2, 0) is 32.3 Å². The third-order valence-corrected chi connectivity index (χ3v) is 6.78. The highest BCUT2D eigenvalue weighted by Crippen LogP contribution is 2.49. The zero-order valence-electron chi connectivity index (χ0n) is 17.8. The van der Waals surface area contributed by atoms with Crippen LogP contribution in [0.5, 0.6) is 0 Å². The molecule has 0 amide bonds. The van der Waals surface area contributed by atoms with E-state index < -0.39 is 7.82 Å². The summed E-state index contributed by atoms with van der Waals surface area (Å²) in [5.41, 5.74) is 0. The first-order valence-corrected chi connectivity index (χ1v) is 12.1. The van der Waals surface area contributed by atoms with Gasteiger partial charge in [0.1, 0.15) is 0 Å². The van der Waals surface area contributed by atoms with Gasteiger partial charge in [0.15, 0.2) is 0 Å². The van der Waals surface area contributed by atoms with Crippen molar-refractivity contribution in [3.8, 4) is 0 Å². The normalized spacial score (nSPS) is 22.7. The molecule has 10 nitrogen and oxygen atoms in total. The molecule has 0 saturated carbocycles. The van der Waals surface area contributed by atoms with Gasteiger partial charge in [0.25, 0.3) is 0 Å². The van der Waals surface area contributed by atoms with Gasteiger partial charge >= 0.3 is 7.82 Å². The third-order valence-electron chi connectivity index (χ3n) is 5.28. The Kier molecular flexibility index (Phi) is 13.3. The Bertz CT molecular complexity index is 424. The quantitative estimate of drug-likeness (QED) is 0.375. The maximum absolute atomic E-state index is 13.1. The van der Waals surface area contributed by atoms with Gasteiger partial charge in [-0.2, -0.15) is 0 Å². The highest BCUT2D eigenvalue weighted by atomic mass is 35.5. The molecule has 3 fully saturated rings. The number of phosphoric ester groups is 1. The van der Waals surface area contributed by atoms with Gasteiger partial charge in [0.05, 0.1) is 59.5 Å². The highest BCUT2D eigenvalue weighted by Gasteiger charge is 2.28. The SMILES string of the molecule is Cl.O=P(OCCN1CCOCC1)(OCCN1CCOCC1)OCCN1CCOCC1. The van der Waals surface area contributed by atoms with Crippen LogP contribution in [0.3, 0.4) is 0 Å². The Morgan fingerprint density at radius 2 is 0.833 bits per heavy atom. The topological polar surface area (TPSA) is 82.2 Å². The van der Waals surface area contributed by atoms with Crippen LogP contribution >= 0.6 is 20.2 Å². The maximum atomic E-state index is 13.1. The molecule has 0 atom stereocenters. The van der Waals surface area contributed by atoms with Crippen LogP contribution in [0.2, 0.25) is 0 Å². The van der Waals surface area contributed by atoms with E-state index in [1.165, 1.54) is 0 Å². The Hall–Kier alpha value is 0.160. The van der Waals surface area contributed by atoms with Crippen molar-refractivity contribution >= 4 is 20.2 Å². The summed E-state index contributed by atoms with van der Waals surface area (Å²) in [5.74, 6) is 0. The van der Waals surface area contributed by atoms with Crippen LogP contribution in [0, 0.1) is 0 Å². The Labute approximate surface area is 186 Å². The lowest BCUT2D eigenvalue weighted by molar-refractivity contribution is 0.0158. The summed E-state index contributed by atoms with van der Waals surface area (Å²) in [6.45, 7) is 12.5. The molecule has 3 saturated heterocycles. The lowest BCUT2D eigenvalue weighted by Gasteiger charge is -2.29. The lowest BCUT2D eigenvalue weighted by Crippen LogP contribution is -2.39. The number of rotatable bonds is 12. The zero-order valence-corrected chi connectivity index (χ0v) is 19.5. The van der Waals surface area contributed by atoms with Crippen LogP contribution in [0.15, 0.2) is 0 Å². The Balaban J connectivity index is 0.00000320. The average molecular weight is 474 g/mol. The first kappa shape index (κ1) is 26.4. The summed E-state index contributed by atoms with van der Waals surface area (Å²) in [6.07, 6.45) is 0. The van der Waals surface area contributed by atoms with Gasteiger partial charge in [-0.05, 0) is 0 Å². The van der Waals surface area contributed by atoms with Gasteiger partial charge < -0.3 is 14.2 Å². The van der Waals surface area contributed by atoms with Crippen LogP contribution in [0.1, 0.15) is 0 Å². The molecule has 30 heavy (non-hydrogen) atoms. The fraction of sp³-hybridized carbons (Fsp3) is 1.00. The standard InChI is InChI=1S/C18H36N3O7P.ClH/c22-29(26-16-7-19-1-10-23-11-2-19,27-17-8-20-3-12-24-13-4-20)28-18-9-21-5-14-25-15-6-21;/h1-18H2;1H.